The molecule has 164 valence electrons. The number of amidine groups is 1. The first-order valence-corrected chi connectivity index (χ1v) is 11.4. The number of halogens is 1. The van der Waals surface area contributed by atoms with Gasteiger partial charge in [0.05, 0.1) is 10.6 Å². The van der Waals surface area contributed by atoms with E-state index >= 15 is 0 Å². The summed E-state index contributed by atoms with van der Waals surface area (Å²) in [6.45, 7) is 14.3. The van der Waals surface area contributed by atoms with Crippen LogP contribution in [-0.2, 0) is 15.6 Å². The Morgan fingerprint density at radius 3 is 2.19 bits per heavy atom. The largest absolute Gasteiger partial charge is 0.507 e. The van der Waals surface area contributed by atoms with Crippen LogP contribution in [0.1, 0.15) is 63.8 Å². The molecule has 4 nitrogen and oxygen atoms in total. The summed E-state index contributed by atoms with van der Waals surface area (Å²) in [4.78, 5) is 17.7. The van der Waals surface area contributed by atoms with Gasteiger partial charge < -0.3 is 10.4 Å². The van der Waals surface area contributed by atoms with E-state index < -0.39 is 0 Å². The standard InChI is InChI=1S/C25H29ClN2O2S/c1-14-18(26)9-8-10-19(14)27-23-28-22(30)20(31-23)13-15-11-16(24(2,3)4)21(29)17(12-15)25(5,6)7/h8-13,29H,1-7H3,(H,27,28,30)/b20-13+. The van der Waals surface area contributed by atoms with E-state index in [0.29, 0.717) is 20.8 Å². The van der Waals surface area contributed by atoms with E-state index in [1.165, 1.54) is 11.8 Å². The minimum Gasteiger partial charge on any atom is -0.507 e. The van der Waals surface area contributed by atoms with Crippen LogP contribution in [0.25, 0.3) is 6.08 Å². The van der Waals surface area contributed by atoms with Crippen LogP contribution >= 0.6 is 23.4 Å². The molecule has 0 bridgehead atoms. The molecule has 0 radical (unpaired) electrons. The molecule has 6 heteroatoms. The molecular weight excluding hydrogens is 428 g/mol. The van der Waals surface area contributed by atoms with Crippen molar-refractivity contribution in [2.45, 2.75) is 59.3 Å². The summed E-state index contributed by atoms with van der Waals surface area (Å²) in [7, 11) is 0. The first kappa shape index (κ1) is 23.4. The Balaban J connectivity index is 2.03. The third kappa shape index (κ3) is 5.16. The van der Waals surface area contributed by atoms with Crippen molar-refractivity contribution in [2.24, 2.45) is 4.99 Å². The number of benzene rings is 2. The molecule has 1 amide bonds. The average molecular weight is 457 g/mol. The number of aromatic hydroxyl groups is 1. The summed E-state index contributed by atoms with van der Waals surface area (Å²) in [5, 5.41) is 14.9. The molecule has 1 aliphatic rings. The quantitative estimate of drug-likeness (QED) is 0.486. The SMILES string of the molecule is Cc1c(Cl)cccc1N=C1NC(=O)/C(=C\c2cc(C(C)(C)C)c(O)c(C(C)(C)C)c2)S1. The monoisotopic (exact) mass is 456 g/mol. The molecule has 0 saturated carbocycles. The summed E-state index contributed by atoms with van der Waals surface area (Å²) >= 11 is 7.48. The lowest BCUT2D eigenvalue weighted by molar-refractivity contribution is -0.115. The minimum absolute atomic E-state index is 0.189. The summed E-state index contributed by atoms with van der Waals surface area (Å²) in [6.07, 6.45) is 1.86. The van der Waals surface area contributed by atoms with Crippen LogP contribution in [0.4, 0.5) is 5.69 Å². The molecule has 2 aromatic rings. The molecule has 0 aromatic heterocycles. The predicted octanol–water partition coefficient (Wildman–Crippen LogP) is 6.84. The van der Waals surface area contributed by atoms with Gasteiger partial charge in [-0.25, -0.2) is 4.99 Å². The third-order valence-electron chi connectivity index (χ3n) is 5.16. The maximum absolute atomic E-state index is 12.6. The number of hydrogen-bond donors (Lipinski definition) is 2. The highest BCUT2D eigenvalue weighted by atomic mass is 35.5. The Morgan fingerprint density at radius 1 is 1.06 bits per heavy atom. The summed E-state index contributed by atoms with van der Waals surface area (Å²) < 4.78 is 0. The highest BCUT2D eigenvalue weighted by molar-refractivity contribution is 8.18. The van der Waals surface area contributed by atoms with Crippen LogP contribution in [-0.4, -0.2) is 16.2 Å². The second-order valence-corrected chi connectivity index (χ2v) is 11.3. The van der Waals surface area contributed by atoms with Crippen LogP contribution in [0.15, 0.2) is 40.2 Å². The van der Waals surface area contributed by atoms with Gasteiger partial charge in [-0.15, -0.1) is 0 Å². The zero-order valence-electron chi connectivity index (χ0n) is 19.1. The molecular formula is C25H29ClN2O2S. The lowest BCUT2D eigenvalue weighted by Gasteiger charge is -2.28. The van der Waals surface area contributed by atoms with Gasteiger partial charge in [-0.2, -0.15) is 0 Å². The first-order valence-electron chi connectivity index (χ1n) is 10.2. The van der Waals surface area contributed by atoms with Gasteiger partial charge in [0.2, 0.25) is 0 Å². The van der Waals surface area contributed by atoms with Gasteiger partial charge >= 0.3 is 0 Å². The number of phenols is 1. The van der Waals surface area contributed by atoms with Gasteiger partial charge in [-0.1, -0.05) is 59.2 Å². The van der Waals surface area contributed by atoms with Crippen molar-refractivity contribution in [1.29, 1.82) is 0 Å². The van der Waals surface area contributed by atoms with Crippen LogP contribution in [0.5, 0.6) is 5.75 Å². The molecule has 1 saturated heterocycles. The Bertz CT molecular complexity index is 1070. The first-order chi connectivity index (χ1) is 14.3. The number of aliphatic imine (C=N–C) groups is 1. The molecule has 1 fully saturated rings. The van der Waals surface area contributed by atoms with Gasteiger partial charge in [-0.3, -0.25) is 4.79 Å². The molecule has 31 heavy (non-hydrogen) atoms. The molecule has 0 unspecified atom stereocenters. The Kier molecular flexibility index (Phi) is 6.32. The van der Waals surface area contributed by atoms with Crippen molar-refractivity contribution in [2.75, 3.05) is 0 Å². The van der Waals surface area contributed by atoms with E-state index in [1.807, 2.05) is 43.3 Å². The zero-order valence-corrected chi connectivity index (χ0v) is 20.6. The van der Waals surface area contributed by atoms with E-state index in [4.69, 9.17) is 11.6 Å². The van der Waals surface area contributed by atoms with Crippen LogP contribution in [0.3, 0.4) is 0 Å². The van der Waals surface area contributed by atoms with Crippen LogP contribution < -0.4 is 5.32 Å². The second kappa shape index (κ2) is 8.36. The maximum atomic E-state index is 12.6. The lowest BCUT2D eigenvalue weighted by Crippen LogP contribution is -2.19. The Morgan fingerprint density at radius 2 is 1.65 bits per heavy atom. The molecule has 2 N–H and O–H groups in total. The van der Waals surface area contributed by atoms with E-state index in [9.17, 15) is 9.90 Å². The number of amides is 1. The van der Waals surface area contributed by atoms with Crippen molar-refractivity contribution in [3.8, 4) is 5.75 Å². The fourth-order valence-electron chi connectivity index (χ4n) is 3.34. The van der Waals surface area contributed by atoms with Crippen molar-refractivity contribution >= 4 is 46.2 Å². The average Bonchev–Trinajstić information content (AvgIpc) is 2.97. The molecule has 2 aromatic carbocycles. The third-order valence-corrected chi connectivity index (χ3v) is 6.48. The number of thioether (sulfide) groups is 1. The molecule has 3 rings (SSSR count). The van der Waals surface area contributed by atoms with Crippen molar-refractivity contribution in [3.05, 3.63) is 62.5 Å². The van der Waals surface area contributed by atoms with Gasteiger partial charge in [0.15, 0.2) is 5.17 Å². The number of phenolic OH excluding ortho intramolecular Hbond substituents is 1. The fourth-order valence-corrected chi connectivity index (χ4v) is 4.35. The smallest absolute Gasteiger partial charge is 0.264 e. The number of hydrogen-bond acceptors (Lipinski definition) is 4. The van der Waals surface area contributed by atoms with Crippen molar-refractivity contribution in [3.63, 3.8) is 0 Å². The molecule has 0 aliphatic carbocycles. The Labute approximate surface area is 193 Å². The Hall–Kier alpha value is -2.24. The summed E-state index contributed by atoms with van der Waals surface area (Å²) in [5.41, 5.74) is 3.72. The van der Waals surface area contributed by atoms with Crippen LogP contribution in [0, 0.1) is 6.92 Å². The maximum Gasteiger partial charge on any atom is 0.264 e. The second-order valence-electron chi connectivity index (χ2n) is 9.83. The zero-order chi connectivity index (χ0) is 23.1. The normalized spacial score (nSPS) is 17.5. The lowest BCUT2D eigenvalue weighted by atomic mass is 9.78. The number of rotatable bonds is 2. The number of nitrogens with zero attached hydrogens (tertiary/aromatic N) is 1. The van der Waals surface area contributed by atoms with Crippen molar-refractivity contribution < 1.29 is 9.90 Å². The van der Waals surface area contributed by atoms with E-state index in [2.05, 4.69) is 51.9 Å². The van der Waals surface area contributed by atoms with E-state index in [0.717, 1.165) is 27.9 Å². The number of carbonyl (C=O) groups is 1. The number of nitrogens with one attached hydrogen (secondary N) is 1. The number of carbonyl (C=O) groups excluding carboxylic acids is 1. The van der Waals surface area contributed by atoms with E-state index in [-0.39, 0.29) is 16.7 Å². The molecule has 0 spiro atoms. The van der Waals surface area contributed by atoms with Gasteiger partial charge in [-0.05, 0) is 71.0 Å². The highest BCUT2D eigenvalue weighted by Gasteiger charge is 2.28. The summed E-state index contributed by atoms with van der Waals surface area (Å²) in [6, 6.07) is 9.44. The van der Waals surface area contributed by atoms with Gasteiger partial charge in [0.1, 0.15) is 5.75 Å². The topological polar surface area (TPSA) is 61.7 Å². The summed E-state index contributed by atoms with van der Waals surface area (Å²) in [5.74, 6) is 0.135. The minimum atomic E-state index is -0.236. The molecule has 1 heterocycles. The fraction of sp³-hybridized carbons (Fsp3) is 0.360. The molecule has 0 atom stereocenters. The van der Waals surface area contributed by atoms with E-state index in [1.54, 1.807) is 0 Å². The van der Waals surface area contributed by atoms with Crippen LogP contribution in [0.2, 0.25) is 5.02 Å². The van der Waals surface area contributed by atoms with Gasteiger partial charge in [0, 0.05) is 16.1 Å². The predicted molar refractivity (Wildman–Crippen MR) is 133 cm³/mol. The highest BCUT2D eigenvalue weighted by Crippen LogP contribution is 2.41. The van der Waals surface area contributed by atoms with Crippen molar-refractivity contribution in [1.82, 2.24) is 5.32 Å². The van der Waals surface area contributed by atoms with Gasteiger partial charge in [0.25, 0.3) is 5.91 Å². The molecule has 1 aliphatic heterocycles.